The molecule has 2 heterocycles. The highest BCUT2D eigenvalue weighted by molar-refractivity contribution is 5.16. The largest absolute Gasteiger partial charge is 0.374 e. The molecule has 0 saturated carbocycles. The van der Waals surface area contributed by atoms with Crippen molar-refractivity contribution in [1.29, 1.82) is 0 Å². The molecule has 1 N–H and O–H groups in total. The number of hydrogen-bond donors (Lipinski definition) is 1. The molecule has 4 aromatic rings. The summed E-state index contributed by atoms with van der Waals surface area (Å²) in [5.41, 5.74) is 4.18. The van der Waals surface area contributed by atoms with E-state index in [0.717, 1.165) is 22.4 Å². The van der Waals surface area contributed by atoms with E-state index in [1.54, 1.807) is 12.5 Å². The number of imidazole rings is 1. The van der Waals surface area contributed by atoms with Gasteiger partial charge in [0.05, 0.1) is 44.6 Å². The van der Waals surface area contributed by atoms with E-state index in [-0.39, 0.29) is 24.4 Å². The van der Waals surface area contributed by atoms with E-state index in [1.165, 1.54) is 0 Å². The second-order valence-corrected chi connectivity index (χ2v) is 8.63. The number of nitrogens with zero attached hydrogens (tertiary/aromatic N) is 1. The maximum Gasteiger partial charge on any atom is 0.128 e. The van der Waals surface area contributed by atoms with Crippen LogP contribution in [-0.2, 0) is 38.8 Å². The molecular weight excluding hydrogens is 440 g/mol. The van der Waals surface area contributed by atoms with Gasteiger partial charge in [-0.1, -0.05) is 91.0 Å². The average molecular weight is 471 g/mol. The van der Waals surface area contributed by atoms with Gasteiger partial charge >= 0.3 is 0 Å². The fraction of sp³-hybridized carbons (Fsp3) is 0.276. The number of H-pyrrole nitrogens is 1. The summed E-state index contributed by atoms with van der Waals surface area (Å²) in [6.45, 7) is 1.83. The minimum Gasteiger partial charge on any atom is -0.374 e. The molecule has 3 aromatic carbocycles. The van der Waals surface area contributed by atoms with Crippen LogP contribution in [0, 0.1) is 0 Å². The number of aromatic amines is 1. The Morgan fingerprint density at radius 2 is 1.23 bits per heavy atom. The summed E-state index contributed by atoms with van der Waals surface area (Å²) in [6, 6.07) is 30.4. The third kappa shape index (κ3) is 6.24. The summed E-state index contributed by atoms with van der Waals surface area (Å²) in [4.78, 5) is 7.39. The van der Waals surface area contributed by atoms with Crippen molar-refractivity contribution in [2.75, 3.05) is 6.61 Å². The van der Waals surface area contributed by atoms with E-state index < -0.39 is 0 Å². The summed E-state index contributed by atoms with van der Waals surface area (Å²) >= 11 is 0. The highest BCUT2D eigenvalue weighted by atomic mass is 16.6. The normalized spacial score (nSPS) is 21.8. The maximum absolute atomic E-state index is 6.50. The molecule has 0 radical (unpaired) electrons. The van der Waals surface area contributed by atoms with Crippen LogP contribution in [0.1, 0.15) is 28.5 Å². The number of hydrogen-bond acceptors (Lipinski definition) is 5. The molecule has 0 bridgehead atoms. The summed E-state index contributed by atoms with van der Waals surface area (Å²) in [5, 5.41) is 0. The van der Waals surface area contributed by atoms with E-state index in [9.17, 15) is 0 Å². The highest BCUT2D eigenvalue weighted by Gasteiger charge is 2.47. The van der Waals surface area contributed by atoms with Crippen LogP contribution >= 0.6 is 0 Å². The lowest BCUT2D eigenvalue weighted by Gasteiger charge is -2.25. The average Bonchev–Trinajstić information content (AvgIpc) is 3.56. The van der Waals surface area contributed by atoms with E-state index in [1.807, 2.05) is 54.6 Å². The lowest BCUT2D eigenvalue weighted by molar-refractivity contribution is -0.0898. The van der Waals surface area contributed by atoms with Crippen LogP contribution in [0.4, 0.5) is 0 Å². The second-order valence-electron chi connectivity index (χ2n) is 8.63. The molecule has 35 heavy (non-hydrogen) atoms. The molecule has 1 saturated heterocycles. The van der Waals surface area contributed by atoms with Crippen LogP contribution in [0.25, 0.3) is 0 Å². The van der Waals surface area contributed by atoms with Gasteiger partial charge in [0.25, 0.3) is 0 Å². The molecule has 6 nitrogen and oxygen atoms in total. The van der Waals surface area contributed by atoms with Gasteiger partial charge in [0.2, 0.25) is 0 Å². The standard InChI is InChI=1S/C29H30N2O4/c1-4-10-22(11-5-1)17-32-20-26-28(33-18-23-12-6-2-7-13-23)29(27(35-26)25-16-30-21-31-25)34-19-24-14-8-3-9-15-24/h1-16,21,26-29H,17-20H2,(H,30,31)/t26-,27+,28+,29+/m1/s1. The fourth-order valence-electron chi connectivity index (χ4n) is 4.32. The molecule has 180 valence electrons. The zero-order chi connectivity index (χ0) is 23.7. The quantitative estimate of drug-likeness (QED) is 0.325. The highest BCUT2D eigenvalue weighted by Crippen LogP contribution is 2.37. The fourth-order valence-corrected chi connectivity index (χ4v) is 4.32. The summed E-state index contributed by atoms with van der Waals surface area (Å²) in [5.74, 6) is 0. The Kier molecular flexibility index (Phi) is 7.98. The van der Waals surface area contributed by atoms with E-state index in [4.69, 9.17) is 18.9 Å². The first-order valence-electron chi connectivity index (χ1n) is 11.9. The van der Waals surface area contributed by atoms with Crippen LogP contribution in [0.2, 0.25) is 0 Å². The van der Waals surface area contributed by atoms with Gasteiger partial charge in [0.15, 0.2) is 0 Å². The van der Waals surface area contributed by atoms with Gasteiger partial charge in [-0.05, 0) is 16.7 Å². The third-order valence-corrected chi connectivity index (χ3v) is 6.10. The van der Waals surface area contributed by atoms with Gasteiger partial charge in [0.1, 0.15) is 24.4 Å². The number of aromatic nitrogens is 2. The minimum absolute atomic E-state index is 0.295. The minimum atomic E-state index is -0.340. The van der Waals surface area contributed by atoms with Crippen LogP contribution in [-0.4, -0.2) is 34.9 Å². The third-order valence-electron chi connectivity index (χ3n) is 6.10. The molecule has 1 aromatic heterocycles. The van der Waals surface area contributed by atoms with Gasteiger partial charge in [0, 0.05) is 0 Å². The maximum atomic E-state index is 6.50. The first kappa shape index (κ1) is 23.5. The second kappa shape index (κ2) is 11.9. The predicted octanol–water partition coefficient (Wildman–Crippen LogP) is 5.24. The van der Waals surface area contributed by atoms with Gasteiger partial charge in [-0.25, -0.2) is 4.98 Å². The lowest BCUT2D eigenvalue weighted by Crippen LogP contribution is -2.37. The van der Waals surface area contributed by atoms with Gasteiger partial charge in [-0.15, -0.1) is 0 Å². The van der Waals surface area contributed by atoms with E-state index in [2.05, 4.69) is 46.4 Å². The molecular formula is C29H30N2O4. The molecule has 0 unspecified atom stereocenters. The van der Waals surface area contributed by atoms with Crippen molar-refractivity contribution in [2.45, 2.75) is 44.2 Å². The molecule has 0 spiro atoms. The summed E-state index contributed by atoms with van der Waals surface area (Å²) < 4.78 is 25.5. The lowest BCUT2D eigenvalue weighted by atomic mass is 10.1. The topological polar surface area (TPSA) is 65.6 Å². The van der Waals surface area contributed by atoms with Gasteiger partial charge in [-0.3, -0.25) is 0 Å². The first-order valence-corrected chi connectivity index (χ1v) is 11.9. The van der Waals surface area contributed by atoms with Crippen LogP contribution in [0.15, 0.2) is 104 Å². The molecule has 5 rings (SSSR count). The van der Waals surface area contributed by atoms with Crippen molar-refractivity contribution >= 4 is 0 Å². The Hall–Kier alpha value is -3.29. The monoisotopic (exact) mass is 470 g/mol. The number of nitrogens with one attached hydrogen (secondary N) is 1. The van der Waals surface area contributed by atoms with E-state index >= 15 is 0 Å². The van der Waals surface area contributed by atoms with Crippen molar-refractivity contribution in [3.63, 3.8) is 0 Å². The van der Waals surface area contributed by atoms with Gasteiger partial charge in [-0.2, -0.15) is 0 Å². The SMILES string of the molecule is c1ccc(COC[C@H]2O[C@@H](c3cnc[nH]3)[C@H](OCc3ccccc3)[C@H]2OCc2ccccc2)cc1. The van der Waals surface area contributed by atoms with Crippen LogP contribution in [0.3, 0.4) is 0 Å². The zero-order valence-corrected chi connectivity index (χ0v) is 19.5. The molecule has 0 amide bonds. The Morgan fingerprint density at radius 1 is 0.686 bits per heavy atom. The van der Waals surface area contributed by atoms with Crippen molar-refractivity contribution in [3.8, 4) is 0 Å². The number of benzene rings is 3. The van der Waals surface area contributed by atoms with E-state index in [0.29, 0.717) is 26.4 Å². The van der Waals surface area contributed by atoms with Crippen molar-refractivity contribution in [3.05, 3.63) is 126 Å². The van der Waals surface area contributed by atoms with Gasteiger partial charge < -0.3 is 23.9 Å². The van der Waals surface area contributed by atoms with Crippen molar-refractivity contribution in [2.24, 2.45) is 0 Å². The molecule has 1 aliphatic heterocycles. The first-order chi connectivity index (χ1) is 17.4. The van der Waals surface area contributed by atoms with Crippen LogP contribution < -0.4 is 0 Å². The smallest absolute Gasteiger partial charge is 0.128 e. The van der Waals surface area contributed by atoms with Crippen molar-refractivity contribution in [1.82, 2.24) is 9.97 Å². The summed E-state index contributed by atoms with van der Waals surface area (Å²) in [6.07, 6.45) is 2.16. The molecule has 1 fully saturated rings. The molecule has 4 atom stereocenters. The Balaban J connectivity index is 1.33. The number of rotatable bonds is 11. The zero-order valence-electron chi connectivity index (χ0n) is 19.5. The summed E-state index contributed by atoms with van der Waals surface area (Å²) in [7, 11) is 0. The molecule has 6 heteroatoms. The van der Waals surface area contributed by atoms with Crippen LogP contribution in [0.5, 0.6) is 0 Å². The Labute approximate surface area is 205 Å². The predicted molar refractivity (Wildman–Crippen MR) is 132 cm³/mol. The van der Waals surface area contributed by atoms with Crippen molar-refractivity contribution < 1.29 is 18.9 Å². The number of ether oxygens (including phenoxy) is 4. The Morgan fingerprint density at radius 3 is 1.77 bits per heavy atom. The molecule has 1 aliphatic rings. The molecule has 0 aliphatic carbocycles. The Bertz CT molecular complexity index is 1120.